The molecule has 208 valence electrons. The number of oxime groups is 1. The topological polar surface area (TPSA) is 77.0 Å². The van der Waals surface area contributed by atoms with Crippen molar-refractivity contribution in [3.05, 3.63) is 40.5 Å². The molecule has 3 aliphatic rings. The van der Waals surface area contributed by atoms with Gasteiger partial charge in [0.15, 0.2) is 6.61 Å². The molecule has 1 amide bonds. The summed E-state index contributed by atoms with van der Waals surface area (Å²) >= 11 is 0. The molecule has 4 atom stereocenters. The molecule has 0 spiro atoms. The van der Waals surface area contributed by atoms with Crippen LogP contribution >= 0.6 is 0 Å². The third kappa shape index (κ3) is 5.37. The Morgan fingerprint density at radius 2 is 1.76 bits per heavy atom. The van der Waals surface area contributed by atoms with Gasteiger partial charge >= 0.3 is 18.3 Å². The van der Waals surface area contributed by atoms with Gasteiger partial charge in [-0.15, -0.1) is 0 Å². The van der Waals surface area contributed by atoms with Crippen LogP contribution in [0.1, 0.15) is 50.7 Å². The van der Waals surface area contributed by atoms with Crippen LogP contribution in [0.15, 0.2) is 34.5 Å². The summed E-state index contributed by atoms with van der Waals surface area (Å²) in [5, 5.41) is 5.81. The number of halogens is 7. The van der Waals surface area contributed by atoms with Crippen molar-refractivity contribution in [2.45, 2.75) is 58.0 Å². The molecule has 1 N–H and O–H groups in total. The lowest BCUT2D eigenvalue weighted by atomic mass is 9.59. The van der Waals surface area contributed by atoms with Crippen LogP contribution in [0.5, 0.6) is 0 Å². The Morgan fingerprint density at radius 1 is 1.13 bits per heavy atom. The number of allylic oxidation sites excluding steroid dienone is 1. The number of anilines is 1. The van der Waals surface area contributed by atoms with Gasteiger partial charge < -0.3 is 14.9 Å². The third-order valence-corrected chi connectivity index (χ3v) is 7.57. The second kappa shape index (κ2) is 9.88. The van der Waals surface area contributed by atoms with Gasteiger partial charge in [0.2, 0.25) is 0 Å². The first kappa shape index (κ1) is 27.9. The molecule has 1 unspecified atom stereocenters. The molecule has 1 heterocycles. The van der Waals surface area contributed by atoms with Crippen LogP contribution < -0.4 is 5.32 Å². The fourth-order valence-electron chi connectivity index (χ4n) is 5.53. The fraction of sp³-hybridized carbons (Fsp3) is 0.560. The van der Waals surface area contributed by atoms with E-state index in [2.05, 4.69) is 5.16 Å². The van der Waals surface area contributed by atoms with Crippen LogP contribution in [0.3, 0.4) is 0 Å². The van der Waals surface area contributed by atoms with Crippen molar-refractivity contribution in [1.82, 2.24) is 0 Å². The molecule has 1 saturated heterocycles. The van der Waals surface area contributed by atoms with E-state index >= 15 is 0 Å². The number of fused-ring (bicyclic) bond motifs is 3. The van der Waals surface area contributed by atoms with Crippen LogP contribution in [-0.2, 0) is 31.5 Å². The second-order valence-corrected chi connectivity index (χ2v) is 10.1. The highest BCUT2D eigenvalue weighted by Crippen LogP contribution is 2.55. The average molecular weight is 550 g/mol. The first-order chi connectivity index (χ1) is 17.6. The fourth-order valence-corrected chi connectivity index (χ4v) is 5.53. The predicted molar refractivity (Wildman–Crippen MR) is 121 cm³/mol. The Hall–Kier alpha value is -3.12. The van der Waals surface area contributed by atoms with E-state index in [-0.39, 0.29) is 35.2 Å². The summed E-state index contributed by atoms with van der Waals surface area (Å²) < 4.78 is 98.1. The maximum atomic E-state index is 14.3. The number of alkyl halides is 7. The number of amides is 1. The van der Waals surface area contributed by atoms with Crippen LogP contribution in [0.2, 0.25) is 0 Å². The van der Waals surface area contributed by atoms with Gasteiger partial charge in [-0.3, -0.25) is 9.59 Å². The van der Waals surface area contributed by atoms with Crippen molar-refractivity contribution in [2.75, 3.05) is 18.6 Å². The van der Waals surface area contributed by atoms with E-state index < -0.39 is 59.9 Å². The van der Waals surface area contributed by atoms with E-state index in [1.54, 1.807) is 6.92 Å². The summed E-state index contributed by atoms with van der Waals surface area (Å²) in [6, 6.07) is 0.686. The predicted octanol–water partition coefficient (Wildman–Crippen LogP) is 6.07. The number of ether oxygens (including phenoxy) is 1. The van der Waals surface area contributed by atoms with Gasteiger partial charge in [-0.2, -0.15) is 26.3 Å². The molecule has 1 aromatic carbocycles. The molecule has 0 aromatic heterocycles. The molecule has 2 aliphatic carbocycles. The number of benzene rings is 1. The van der Waals surface area contributed by atoms with E-state index in [0.717, 1.165) is 12.8 Å². The molecule has 4 rings (SSSR count). The number of nitrogens with zero attached hydrogens (tertiary/aromatic N) is 1. The summed E-state index contributed by atoms with van der Waals surface area (Å²) in [6.45, 7) is 1.98. The SMILES string of the molecule is CC1C(=O)O[C@@H]2C3=C(CF)/C(=N/OCC(=O)Nc4cc(C(F)(F)F)cc(C(F)(F)F)c4)CC[C@]3(C)CC[C@@H]12. The summed E-state index contributed by atoms with van der Waals surface area (Å²) in [6.07, 6.45) is -8.35. The highest BCUT2D eigenvalue weighted by molar-refractivity contribution is 6.02. The van der Waals surface area contributed by atoms with Crippen molar-refractivity contribution in [3.63, 3.8) is 0 Å². The smallest absolute Gasteiger partial charge is 0.416 e. The minimum atomic E-state index is -5.07. The van der Waals surface area contributed by atoms with E-state index in [1.165, 1.54) is 0 Å². The number of hydrogen-bond donors (Lipinski definition) is 1. The standard InChI is InChI=1S/C25H25F7N2O4/c1-12-16-3-5-23(2)6-4-18(17(10-26)20(23)21(16)38-22(12)36)34-37-11-19(35)33-15-8-13(24(27,28)29)7-14(9-15)25(30,31)32/h7-9,12,16,21H,3-6,10-11H2,1-2H3,(H,33,35)/b34-18+/t12?,16-,21-,23-/m0/s1. The zero-order valence-electron chi connectivity index (χ0n) is 20.4. The number of hydrogen-bond acceptors (Lipinski definition) is 5. The van der Waals surface area contributed by atoms with Gasteiger partial charge in [-0.1, -0.05) is 19.0 Å². The number of carbonyl (C=O) groups excluding carboxylic acids is 2. The van der Waals surface area contributed by atoms with Crippen LogP contribution in [0.25, 0.3) is 0 Å². The average Bonchev–Trinajstić information content (AvgIpc) is 3.11. The second-order valence-electron chi connectivity index (χ2n) is 10.1. The lowest BCUT2D eigenvalue weighted by Crippen LogP contribution is -2.42. The maximum absolute atomic E-state index is 14.3. The summed E-state index contributed by atoms with van der Waals surface area (Å²) in [5.74, 6) is -1.83. The molecular formula is C25H25F7N2O4. The number of esters is 1. The molecule has 2 fully saturated rings. The van der Waals surface area contributed by atoms with Crippen molar-refractivity contribution in [2.24, 2.45) is 22.4 Å². The normalized spacial score (nSPS) is 28.6. The lowest BCUT2D eigenvalue weighted by molar-refractivity contribution is -0.144. The van der Waals surface area contributed by atoms with Gasteiger partial charge in [-0.05, 0) is 54.9 Å². The van der Waals surface area contributed by atoms with E-state index in [9.17, 15) is 40.3 Å². The molecule has 0 bridgehead atoms. The molecule has 38 heavy (non-hydrogen) atoms. The van der Waals surface area contributed by atoms with Crippen molar-refractivity contribution >= 4 is 23.3 Å². The van der Waals surface area contributed by atoms with Gasteiger partial charge in [-0.25, -0.2) is 4.39 Å². The number of carbonyl (C=O) groups is 2. The molecule has 13 heteroatoms. The summed E-state index contributed by atoms with van der Waals surface area (Å²) in [7, 11) is 0. The lowest BCUT2D eigenvalue weighted by Gasteiger charge is -2.46. The van der Waals surface area contributed by atoms with Gasteiger partial charge in [0.05, 0.1) is 22.8 Å². The Labute approximate surface area is 213 Å². The highest BCUT2D eigenvalue weighted by Gasteiger charge is 2.54. The van der Waals surface area contributed by atoms with E-state index in [0.29, 0.717) is 30.5 Å². The zero-order valence-corrected chi connectivity index (χ0v) is 20.4. The highest BCUT2D eigenvalue weighted by atomic mass is 19.4. The molecular weight excluding hydrogens is 525 g/mol. The first-order valence-corrected chi connectivity index (χ1v) is 11.9. The molecule has 1 saturated carbocycles. The molecule has 1 aliphatic heterocycles. The summed E-state index contributed by atoms with van der Waals surface area (Å²) in [4.78, 5) is 29.4. The Balaban J connectivity index is 1.51. The molecule has 0 radical (unpaired) electrons. The summed E-state index contributed by atoms with van der Waals surface area (Å²) in [5.41, 5.74) is -3.20. The maximum Gasteiger partial charge on any atom is 0.416 e. The van der Waals surface area contributed by atoms with Crippen LogP contribution in [0, 0.1) is 17.3 Å². The van der Waals surface area contributed by atoms with Crippen molar-refractivity contribution in [1.29, 1.82) is 0 Å². The minimum absolute atomic E-state index is 0.0564. The van der Waals surface area contributed by atoms with Gasteiger partial charge in [0.25, 0.3) is 5.91 Å². The van der Waals surface area contributed by atoms with Gasteiger partial charge in [0.1, 0.15) is 12.8 Å². The molecule has 6 nitrogen and oxygen atoms in total. The van der Waals surface area contributed by atoms with E-state index in [4.69, 9.17) is 9.57 Å². The Morgan fingerprint density at radius 3 is 2.34 bits per heavy atom. The monoisotopic (exact) mass is 550 g/mol. The minimum Gasteiger partial charge on any atom is -0.457 e. The van der Waals surface area contributed by atoms with Crippen LogP contribution in [0.4, 0.5) is 36.4 Å². The number of rotatable bonds is 5. The van der Waals surface area contributed by atoms with E-state index in [1.807, 2.05) is 12.2 Å². The quantitative estimate of drug-likeness (QED) is 0.274. The zero-order chi connectivity index (χ0) is 28.0. The van der Waals surface area contributed by atoms with Gasteiger partial charge in [0, 0.05) is 17.2 Å². The first-order valence-electron chi connectivity index (χ1n) is 11.9. The largest absolute Gasteiger partial charge is 0.457 e. The van der Waals surface area contributed by atoms with Crippen molar-refractivity contribution in [3.8, 4) is 0 Å². The van der Waals surface area contributed by atoms with Crippen molar-refractivity contribution < 1.29 is 49.9 Å². The molecule has 1 aromatic rings. The Bertz CT molecular complexity index is 1160. The Kier molecular flexibility index (Phi) is 7.26. The van der Waals surface area contributed by atoms with Crippen LogP contribution in [-0.4, -0.2) is 37.0 Å². The third-order valence-electron chi connectivity index (χ3n) is 7.57. The number of nitrogens with one attached hydrogen (secondary N) is 1.